The Morgan fingerprint density at radius 3 is 2.52 bits per heavy atom. The molecule has 0 aliphatic rings. The molecule has 106 valence electrons. The molecule has 2 N–H and O–H groups in total. The molecule has 0 atom stereocenters. The van der Waals surface area contributed by atoms with Crippen molar-refractivity contribution >= 4 is 5.88 Å². The Balaban J connectivity index is 2.25. The van der Waals surface area contributed by atoms with Crippen molar-refractivity contribution in [3.05, 3.63) is 59.7 Å². The molecular formula is C16H12F2N2O. The minimum Gasteiger partial charge on any atom is -0.367 e. The molecule has 1 heterocycles. The van der Waals surface area contributed by atoms with E-state index < -0.39 is 11.6 Å². The van der Waals surface area contributed by atoms with E-state index in [9.17, 15) is 8.78 Å². The maximum Gasteiger partial charge on any atom is 0.230 e. The predicted molar refractivity (Wildman–Crippen MR) is 76.4 cm³/mol. The van der Waals surface area contributed by atoms with Gasteiger partial charge in [0.15, 0.2) is 0 Å². The van der Waals surface area contributed by atoms with Gasteiger partial charge in [0.05, 0.1) is 5.56 Å². The highest BCUT2D eigenvalue weighted by Crippen LogP contribution is 2.38. The first-order chi connectivity index (χ1) is 10.1. The fourth-order valence-electron chi connectivity index (χ4n) is 2.28. The minimum atomic E-state index is -0.710. The van der Waals surface area contributed by atoms with Gasteiger partial charge in [-0.3, -0.25) is 0 Å². The van der Waals surface area contributed by atoms with Gasteiger partial charge in [0.25, 0.3) is 0 Å². The van der Waals surface area contributed by atoms with E-state index in [1.807, 2.05) is 31.2 Å². The van der Waals surface area contributed by atoms with Crippen LogP contribution in [0.4, 0.5) is 14.7 Å². The summed E-state index contributed by atoms with van der Waals surface area (Å²) < 4.78 is 32.0. The Hall–Kier alpha value is -2.69. The second-order valence-electron chi connectivity index (χ2n) is 4.71. The molecule has 1 aromatic heterocycles. The number of aryl methyl sites for hydroxylation is 1. The third kappa shape index (κ3) is 2.27. The van der Waals surface area contributed by atoms with Gasteiger partial charge in [-0.1, -0.05) is 29.4 Å². The van der Waals surface area contributed by atoms with Gasteiger partial charge in [0, 0.05) is 11.6 Å². The van der Waals surface area contributed by atoms with E-state index in [1.54, 1.807) is 0 Å². The van der Waals surface area contributed by atoms with Gasteiger partial charge >= 0.3 is 0 Å². The lowest BCUT2D eigenvalue weighted by molar-refractivity contribution is 0.439. The summed E-state index contributed by atoms with van der Waals surface area (Å²) >= 11 is 0. The molecule has 0 fully saturated rings. The van der Waals surface area contributed by atoms with Crippen LogP contribution in [0.5, 0.6) is 0 Å². The summed E-state index contributed by atoms with van der Waals surface area (Å²) in [6.45, 7) is 1.91. The molecule has 3 aromatic rings. The van der Waals surface area contributed by atoms with Crippen LogP contribution in [0.25, 0.3) is 22.4 Å². The van der Waals surface area contributed by atoms with Crippen LogP contribution >= 0.6 is 0 Å². The highest BCUT2D eigenvalue weighted by molar-refractivity contribution is 5.88. The van der Waals surface area contributed by atoms with Gasteiger partial charge < -0.3 is 10.3 Å². The zero-order chi connectivity index (χ0) is 15.0. The van der Waals surface area contributed by atoms with E-state index >= 15 is 0 Å². The van der Waals surface area contributed by atoms with Crippen molar-refractivity contribution in [2.75, 3.05) is 5.73 Å². The number of benzene rings is 2. The molecule has 0 amide bonds. The Labute approximate surface area is 120 Å². The van der Waals surface area contributed by atoms with Crippen molar-refractivity contribution in [1.82, 2.24) is 5.16 Å². The zero-order valence-corrected chi connectivity index (χ0v) is 11.2. The number of halogens is 2. The summed E-state index contributed by atoms with van der Waals surface area (Å²) in [6, 6.07) is 10.8. The topological polar surface area (TPSA) is 52.0 Å². The van der Waals surface area contributed by atoms with E-state index in [4.69, 9.17) is 10.3 Å². The average molecular weight is 286 g/mol. The summed E-state index contributed by atoms with van der Waals surface area (Å²) in [4.78, 5) is 0. The first-order valence-corrected chi connectivity index (χ1v) is 6.34. The normalized spacial score (nSPS) is 10.8. The van der Waals surface area contributed by atoms with Crippen LogP contribution in [0.1, 0.15) is 5.56 Å². The first kappa shape index (κ1) is 13.3. The lowest BCUT2D eigenvalue weighted by atomic mass is 9.97. The Kier molecular flexibility index (Phi) is 3.17. The lowest BCUT2D eigenvalue weighted by Crippen LogP contribution is -1.92. The number of nitrogen functional groups attached to an aromatic ring is 1. The van der Waals surface area contributed by atoms with E-state index in [0.29, 0.717) is 5.56 Å². The Morgan fingerprint density at radius 2 is 1.81 bits per heavy atom. The van der Waals surface area contributed by atoms with Crippen LogP contribution in [0.15, 0.2) is 47.0 Å². The Bertz CT molecular complexity index is 812. The van der Waals surface area contributed by atoms with Crippen LogP contribution < -0.4 is 5.73 Å². The average Bonchev–Trinajstić information content (AvgIpc) is 2.81. The van der Waals surface area contributed by atoms with Crippen molar-refractivity contribution in [3.63, 3.8) is 0 Å². The number of hydrogen-bond acceptors (Lipinski definition) is 3. The molecule has 0 bridgehead atoms. The molecule has 3 nitrogen and oxygen atoms in total. The van der Waals surface area contributed by atoms with Crippen molar-refractivity contribution in [1.29, 1.82) is 0 Å². The molecule has 0 saturated heterocycles. The highest BCUT2D eigenvalue weighted by Gasteiger charge is 2.21. The monoisotopic (exact) mass is 286 g/mol. The molecule has 3 rings (SSSR count). The van der Waals surface area contributed by atoms with Crippen LogP contribution in [0.3, 0.4) is 0 Å². The van der Waals surface area contributed by atoms with Gasteiger partial charge in [-0.05, 0) is 30.2 Å². The molecule has 21 heavy (non-hydrogen) atoms. The second kappa shape index (κ2) is 5.01. The van der Waals surface area contributed by atoms with Crippen molar-refractivity contribution in [2.24, 2.45) is 0 Å². The molecule has 0 aliphatic carbocycles. The number of nitrogens with two attached hydrogens (primary N) is 1. The summed E-state index contributed by atoms with van der Waals surface area (Å²) in [6.07, 6.45) is 0. The van der Waals surface area contributed by atoms with Gasteiger partial charge in [-0.25, -0.2) is 8.78 Å². The largest absolute Gasteiger partial charge is 0.367 e. The first-order valence-electron chi connectivity index (χ1n) is 6.34. The Morgan fingerprint density at radius 1 is 1.05 bits per heavy atom. The van der Waals surface area contributed by atoms with Gasteiger partial charge in [0.1, 0.15) is 17.3 Å². The summed E-state index contributed by atoms with van der Waals surface area (Å²) in [7, 11) is 0. The summed E-state index contributed by atoms with van der Waals surface area (Å²) in [5.41, 5.74) is 8.51. The van der Waals surface area contributed by atoms with Gasteiger partial charge in [0.2, 0.25) is 5.88 Å². The van der Waals surface area contributed by atoms with Crippen LogP contribution in [-0.4, -0.2) is 5.16 Å². The summed E-state index contributed by atoms with van der Waals surface area (Å²) in [5.74, 6) is -1.26. The molecule has 5 heteroatoms. The third-order valence-corrected chi connectivity index (χ3v) is 3.32. The molecule has 0 aliphatic heterocycles. The van der Waals surface area contributed by atoms with Crippen LogP contribution in [0.2, 0.25) is 0 Å². The van der Waals surface area contributed by atoms with Gasteiger partial charge in [-0.2, -0.15) is 0 Å². The highest BCUT2D eigenvalue weighted by atomic mass is 19.1. The van der Waals surface area contributed by atoms with Crippen molar-refractivity contribution < 1.29 is 13.3 Å². The van der Waals surface area contributed by atoms with E-state index in [2.05, 4.69) is 5.16 Å². The zero-order valence-electron chi connectivity index (χ0n) is 11.2. The second-order valence-corrected chi connectivity index (χ2v) is 4.71. The number of aromatic nitrogens is 1. The third-order valence-electron chi connectivity index (χ3n) is 3.32. The minimum absolute atomic E-state index is 0.100. The molecular weight excluding hydrogens is 274 g/mol. The number of rotatable bonds is 2. The van der Waals surface area contributed by atoms with E-state index in [0.717, 1.165) is 17.2 Å². The molecule has 0 unspecified atom stereocenters. The van der Waals surface area contributed by atoms with Gasteiger partial charge in [-0.15, -0.1) is 0 Å². The molecule has 0 spiro atoms. The predicted octanol–water partition coefficient (Wildman–Crippen LogP) is 4.18. The SMILES string of the molecule is Cc1ccccc1-c1c(-c2ccc(F)cc2F)noc1N. The lowest BCUT2D eigenvalue weighted by Gasteiger charge is -2.07. The standard InChI is InChI=1S/C16H12F2N2O/c1-9-4-2-3-5-11(9)14-15(20-21-16(14)19)12-7-6-10(17)8-13(12)18/h2-8H,19H2,1H3. The van der Waals surface area contributed by atoms with Crippen LogP contribution in [-0.2, 0) is 0 Å². The molecule has 2 aromatic carbocycles. The fraction of sp³-hybridized carbons (Fsp3) is 0.0625. The fourth-order valence-corrected chi connectivity index (χ4v) is 2.28. The van der Waals surface area contributed by atoms with E-state index in [-0.39, 0.29) is 17.1 Å². The van der Waals surface area contributed by atoms with E-state index in [1.165, 1.54) is 12.1 Å². The molecule has 0 saturated carbocycles. The smallest absolute Gasteiger partial charge is 0.230 e. The van der Waals surface area contributed by atoms with Crippen molar-refractivity contribution in [3.8, 4) is 22.4 Å². The number of hydrogen-bond donors (Lipinski definition) is 1. The quantitative estimate of drug-likeness (QED) is 0.769. The number of nitrogens with zero attached hydrogens (tertiary/aromatic N) is 1. The summed E-state index contributed by atoms with van der Waals surface area (Å²) in [5, 5.41) is 3.83. The molecule has 0 radical (unpaired) electrons. The van der Waals surface area contributed by atoms with Crippen molar-refractivity contribution in [2.45, 2.75) is 6.92 Å². The maximum atomic E-state index is 14.0. The number of anilines is 1. The van der Waals surface area contributed by atoms with Crippen LogP contribution in [0, 0.1) is 18.6 Å². The maximum absolute atomic E-state index is 14.0.